The second-order valence-electron chi connectivity index (χ2n) is 6.88. The number of nitrogens with two attached hydrogens (primary N) is 3. The van der Waals surface area contributed by atoms with E-state index in [1.165, 1.54) is 10.9 Å². The predicted molar refractivity (Wildman–Crippen MR) is 109 cm³/mol. The van der Waals surface area contributed by atoms with Crippen LogP contribution in [-0.2, 0) is 9.53 Å². The number of aliphatic hydroxyl groups excluding tert-OH is 3. The van der Waals surface area contributed by atoms with Crippen molar-refractivity contribution in [3.8, 4) is 12.3 Å². The number of amides is 1. The number of nitrogen functional groups attached to an aromatic ring is 2. The van der Waals surface area contributed by atoms with Crippen LogP contribution in [0.2, 0.25) is 16.0 Å². The van der Waals surface area contributed by atoms with Gasteiger partial charge in [-0.1, -0.05) is 0 Å². The molecule has 1 fully saturated rings. The summed E-state index contributed by atoms with van der Waals surface area (Å²) in [5, 5.41) is 32.2. The number of rotatable bonds is 8. The summed E-state index contributed by atoms with van der Waals surface area (Å²) in [5.41, 5.74) is 17.1. The van der Waals surface area contributed by atoms with Gasteiger partial charge in [0, 0.05) is 0 Å². The second kappa shape index (κ2) is 9.13. The van der Waals surface area contributed by atoms with E-state index < -0.39 is 50.5 Å². The molecule has 30 heavy (non-hydrogen) atoms. The number of aliphatic hydroxyl groups is 3. The molecule has 1 aliphatic rings. The molecule has 162 valence electrons. The van der Waals surface area contributed by atoms with Gasteiger partial charge < -0.3 is 0 Å². The monoisotopic (exact) mass is 486 g/mol. The van der Waals surface area contributed by atoms with Crippen molar-refractivity contribution < 1.29 is 24.9 Å². The summed E-state index contributed by atoms with van der Waals surface area (Å²) >= 11 is -1.56. The first-order chi connectivity index (χ1) is 14.2. The first-order valence-corrected chi connectivity index (χ1v) is 12.7. The first kappa shape index (κ1) is 22.2. The molecule has 2 unspecified atom stereocenters. The summed E-state index contributed by atoms with van der Waals surface area (Å²) in [6.07, 6.45) is 1.71. The number of terminal acetylenes is 1. The van der Waals surface area contributed by atoms with Gasteiger partial charge in [0.05, 0.1) is 0 Å². The predicted octanol–water partition coefficient (Wildman–Crippen LogP) is -2.03. The van der Waals surface area contributed by atoms with Crippen molar-refractivity contribution >= 4 is 42.7 Å². The second-order valence-corrected chi connectivity index (χ2v) is 11.6. The summed E-state index contributed by atoms with van der Waals surface area (Å²) in [6, 6.07) is 0. The molecule has 12 nitrogen and oxygen atoms in total. The summed E-state index contributed by atoms with van der Waals surface area (Å²) in [5.74, 6) is 1.84. The fraction of sp³-hybridized carbons (Fsp3) is 0.529. The van der Waals surface area contributed by atoms with Gasteiger partial charge in [0.2, 0.25) is 0 Å². The van der Waals surface area contributed by atoms with Gasteiger partial charge in [-0.3, -0.25) is 0 Å². The number of carbonyl (C=O) groups is 1. The molecule has 0 aliphatic carbocycles. The zero-order valence-corrected chi connectivity index (χ0v) is 17.7. The van der Waals surface area contributed by atoms with Crippen LogP contribution in [0, 0.1) is 12.3 Å². The Morgan fingerprint density at radius 2 is 2.10 bits per heavy atom. The van der Waals surface area contributed by atoms with Crippen LogP contribution in [0.25, 0.3) is 11.2 Å². The summed E-state index contributed by atoms with van der Waals surface area (Å²) in [6.45, 7) is 0. The van der Waals surface area contributed by atoms with Crippen LogP contribution in [0.1, 0.15) is 12.6 Å². The molecule has 1 aliphatic heterocycles. The van der Waals surface area contributed by atoms with Gasteiger partial charge in [-0.25, -0.2) is 0 Å². The first-order valence-electron chi connectivity index (χ1n) is 9.05. The van der Waals surface area contributed by atoms with Crippen LogP contribution in [0.15, 0.2) is 6.33 Å². The Balaban J connectivity index is 1.76. The van der Waals surface area contributed by atoms with Gasteiger partial charge in [0.25, 0.3) is 0 Å². The average Bonchev–Trinajstić information content (AvgIpc) is 3.22. The van der Waals surface area contributed by atoms with Crippen molar-refractivity contribution in [2.24, 2.45) is 5.73 Å². The average molecular weight is 485 g/mol. The topological polar surface area (TPSA) is 209 Å². The molecule has 2 aromatic rings. The Hall–Kier alpha value is -2.46. The Bertz CT molecular complexity index is 964. The van der Waals surface area contributed by atoms with Crippen molar-refractivity contribution in [2.45, 2.75) is 53.0 Å². The molecule has 3 rings (SSSR count). The van der Waals surface area contributed by atoms with Crippen LogP contribution in [0.3, 0.4) is 0 Å². The van der Waals surface area contributed by atoms with E-state index in [1.807, 2.05) is 0 Å². The molecule has 0 spiro atoms. The molecule has 1 amide bonds. The standard InChI is InChI=1S/C17H23N7O5Se/c1-2-4-30(5-3-8(25)14(19)28)6-9-11(26)12(27)16(29-9)24-7-21-10-13(18)22-17(20)23-15(10)24/h1,7-9,11-12,16,25-27H,3-6H2,(H5-,18,19,20,22,23,28)/p+1/t8?,9-,11-,12-,16-,30?/m1/s1. The minimum absolute atomic E-state index is 0.0555. The van der Waals surface area contributed by atoms with E-state index in [9.17, 15) is 20.1 Å². The fourth-order valence-electron chi connectivity index (χ4n) is 3.22. The molecule has 0 aromatic carbocycles. The molecule has 0 bridgehead atoms. The summed E-state index contributed by atoms with van der Waals surface area (Å²) in [4.78, 5) is 23.1. The molecular formula is C17H24N7O5Se+. The normalized spacial score (nSPS) is 25.8. The Morgan fingerprint density at radius 3 is 2.77 bits per heavy atom. The molecular weight excluding hydrogens is 461 g/mol. The van der Waals surface area contributed by atoms with Crippen LogP contribution in [-0.4, -0.2) is 79.1 Å². The van der Waals surface area contributed by atoms with Gasteiger partial charge in [0.1, 0.15) is 0 Å². The van der Waals surface area contributed by atoms with E-state index in [4.69, 9.17) is 28.4 Å². The van der Waals surface area contributed by atoms with Crippen molar-refractivity contribution in [2.75, 3.05) is 11.5 Å². The summed E-state index contributed by atoms with van der Waals surface area (Å²) in [7, 11) is 0. The Labute approximate surface area is 176 Å². The van der Waals surface area contributed by atoms with Crippen molar-refractivity contribution in [3.05, 3.63) is 6.33 Å². The number of ether oxygens (including phenoxy) is 1. The van der Waals surface area contributed by atoms with Gasteiger partial charge >= 0.3 is 176 Å². The third-order valence-corrected chi connectivity index (χ3v) is 9.36. The Kier molecular flexibility index (Phi) is 6.77. The van der Waals surface area contributed by atoms with E-state index >= 15 is 0 Å². The van der Waals surface area contributed by atoms with Crippen molar-refractivity contribution in [1.82, 2.24) is 19.5 Å². The Morgan fingerprint density at radius 1 is 1.37 bits per heavy atom. The number of imidazole rings is 1. The SMILES string of the molecule is C#CC[Se+](CCC(O)C(N)=O)C[C@H]1O[C@@H](n2cnc3c(N)nc(N)nc32)[C@H](O)[C@@H]1O. The van der Waals surface area contributed by atoms with Gasteiger partial charge in [-0.2, -0.15) is 0 Å². The van der Waals surface area contributed by atoms with Gasteiger partial charge in [-0.05, 0) is 0 Å². The quantitative estimate of drug-likeness (QED) is 0.178. The molecule has 0 saturated carbocycles. The molecule has 6 atom stereocenters. The zero-order valence-electron chi connectivity index (χ0n) is 16.0. The van der Waals surface area contributed by atoms with Gasteiger partial charge in [0.15, 0.2) is 0 Å². The molecule has 0 radical (unpaired) electrons. The van der Waals surface area contributed by atoms with Crippen LogP contribution >= 0.6 is 0 Å². The molecule has 3 heterocycles. The number of fused-ring (bicyclic) bond motifs is 1. The molecule has 1 saturated heterocycles. The van der Waals surface area contributed by atoms with Crippen molar-refractivity contribution in [1.29, 1.82) is 0 Å². The number of nitrogens with zero attached hydrogens (tertiary/aromatic N) is 4. The fourth-order valence-corrected chi connectivity index (χ4v) is 7.34. The summed E-state index contributed by atoms with van der Waals surface area (Å²) < 4.78 is 7.39. The molecule has 9 N–H and O–H groups in total. The van der Waals surface area contributed by atoms with E-state index in [-0.39, 0.29) is 23.8 Å². The van der Waals surface area contributed by atoms with E-state index in [0.717, 1.165) is 0 Å². The molecule has 2 aromatic heterocycles. The number of anilines is 2. The maximum atomic E-state index is 11.0. The van der Waals surface area contributed by atoms with Gasteiger partial charge in [-0.15, -0.1) is 0 Å². The number of hydrogen-bond donors (Lipinski definition) is 6. The number of hydrogen-bond acceptors (Lipinski definition) is 10. The van der Waals surface area contributed by atoms with E-state index in [2.05, 4.69) is 20.9 Å². The maximum absolute atomic E-state index is 11.0. The van der Waals surface area contributed by atoms with Crippen LogP contribution < -0.4 is 17.2 Å². The number of aromatic nitrogens is 4. The third-order valence-electron chi connectivity index (χ3n) is 4.77. The minimum atomic E-state index is -1.56. The van der Waals surface area contributed by atoms with Crippen LogP contribution in [0.5, 0.6) is 0 Å². The zero-order chi connectivity index (χ0) is 22.0. The molecule has 13 heteroatoms. The number of carbonyl (C=O) groups excluding carboxylic acids is 1. The van der Waals surface area contributed by atoms with E-state index in [0.29, 0.717) is 21.5 Å². The van der Waals surface area contributed by atoms with E-state index in [1.54, 1.807) is 0 Å². The number of primary amides is 1. The van der Waals surface area contributed by atoms with Crippen LogP contribution in [0.4, 0.5) is 11.8 Å². The third kappa shape index (κ3) is 4.49. The van der Waals surface area contributed by atoms with Crippen molar-refractivity contribution in [3.63, 3.8) is 0 Å².